The third-order valence-electron chi connectivity index (χ3n) is 3.98. The lowest BCUT2D eigenvalue weighted by Gasteiger charge is -2.33. The van der Waals surface area contributed by atoms with Crippen molar-refractivity contribution in [3.05, 3.63) is 0 Å². The molecule has 0 radical (unpaired) electrons. The van der Waals surface area contributed by atoms with E-state index in [1.165, 1.54) is 45.1 Å². The molecule has 1 aliphatic carbocycles. The summed E-state index contributed by atoms with van der Waals surface area (Å²) in [6.45, 7) is 5.88. The molecule has 0 aromatic rings. The summed E-state index contributed by atoms with van der Waals surface area (Å²) >= 11 is 0. The quantitative estimate of drug-likeness (QED) is 0.725. The molecule has 0 spiro atoms. The predicted octanol–water partition coefficient (Wildman–Crippen LogP) is 2.89. The van der Waals surface area contributed by atoms with Crippen LogP contribution in [0.2, 0.25) is 0 Å². The highest BCUT2D eigenvalue weighted by Gasteiger charge is 2.25. The van der Waals surface area contributed by atoms with Crippen molar-refractivity contribution in [3.8, 4) is 0 Å². The van der Waals surface area contributed by atoms with Crippen molar-refractivity contribution >= 4 is 0 Å². The van der Waals surface area contributed by atoms with Crippen LogP contribution >= 0.6 is 0 Å². The van der Waals surface area contributed by atoms with Gasteiger partial charge >= 0.3 is 0 Å². The molecule has 1 rings (SSSR count). The van der Waals surface area contributed by atoms with Gasteiger partial charge in [-0.3, -0.25) is 0 Å². The van der Waals surface area contributed by atoms with Crippen molar-refractivity contribution in [2.45, 2.75) is 64.5 Å². The van der Waals surface area contributed by atoms with Crippen LogP contribution in [0.25, 0.3) is 0 Å². The SMILES string of the molecule is CNC1CCCCCC1N(C)CCC(C)C. The zero-order chi connectivity index (χ0) is 12.0. The maximum absolute atomic E-state index is 3.52. The molecule has 0 amide bonds. The normalized spacial score (nSPS) is 27.4. The van der Waals surface area contributed by atoms with Crippen LogP contribution in [-0.2, 0) is 0 Å². The molecule has 1 saturated carbocycles. The Bertz CT molecular complexity index is 180. The second-order valence-corrected chi connectivity index (χ2v) is 5.76. The molecule has 0 heterocycles. The fourth-order valence-corrected chi connectivity index (χ4v) is 2.78. The van der Waals surface area contributed by atoms with Gasteiger partial charge in [-0.1, -0.05) is 33.1 Å². The summed E-state index contributed by atoms with van der Waals surface area (Å²) in [5, 5.41) is 3.52. The third-order valence-corrected chi connectivity index (χ3v) is 3.98. The number of hydrogen-bond donors (Lipinski definition) is 1. The van der Waals surface area contributed by atoms with Crippen molar-refractivity contribution in [1.29, 1.82) is 0 Å². The Morgan fingerprint density at radius 1 is 1.19 bits per heavy atom. The maximum atomic E-state index is 3.52. The summed E-state index contributed by atoms with van der Waals surface area (Å²) in [7, 11) is 4.43. The Balaban J connectivity index is 2.45. The van der Waals surface area contributed by atoms with Gasteiger partial charge in [-0.25, -0.2) is 0 Å². The molecular weight excluding hydrogens is 196 g/mol. The van der Waals surface area contributed by atoms with Gasteiger partial charge in [0, 0.05) is 12.1 Å². The van der Waals surface area contributed by atoms with Crippen LogP contribution in [0.4, 0.5) is 0 Å². The van der Waals surface area contributed by atoms with Crippen molar-refractivity contribution in [1.82, 2.24) is 10.2 Å². The average Bonchev–Trinajstić information content (AvgIpc) is 2.50. The number of rotatable bonds is 5. The highest BCUT2D eigenvalue weighted by atomic mass is 15.2. The molecule has 0 saturated heterocycles. The molecule has 2 unspecified atom stereocenters. The Hall–Kier alpha value is -0.0800. The first-order valence-corrected chi connectivity index (χ1v) is 7.02. The molecule has 0 bridgehead atoms. The molecule has 0 aromatic heterocycles. The van der Waals surface area contributed by atoms with Crippen LogP contribution in [0.3, 0.4) is 0 Å². The van der Waals surface area contributed by atoms with E-state index in [0.29, 0.717) is 6.04 Å². The lowest BCUT2D eigenvalue weighted by molar-refractivity contribution is 0.178. The Labute approximate surface area is 102 Å². The van der Waals surface area contributed by atoms with Crippen LogP contribution < -0.4 is 5.32 Å². The molecule has 16 heavy (non-hydrogen) atoms. The topological polar surface area (TPSA) is 15.3 Å². The fraction of sp³-hybridized carbons (Fsp3) is 1.00. The molecule has 2 heteroatoms. The Morgan fingerprint density at radius 3 is 2.50 bits per heavy atom. The monoisotopic (exact) mass is 226 g/mol. The van der Waals surface area contributed by atoms with Crippen molar-refractivity contribution < 1.29 is 0 Å². The van der Waals surface area contributed by atoms with Gasteiger partial charge in [-0.15, -0.1) is 0 Å². The number of hydrogen-bond acceptors (Lipinski definition) is 2. The Morgan fingerprint density at radius 2 is 1.88 bits per heavy atom. The van der Waals surface area contributed by atoms with Crippen LogP contribution in [0.15, 0.2) is 0 Å². The van der Waals surface area contributed by atoms with E-state index in [0.717, 1.165) is 12.0 Å². The number of nitrogens with zero attached hydrogens (tertiary/aromatic N) is 1. The van der Waals surface area contributed by atoms with Crippen LogP contribution in [0.5, 0.6) is 0 Å². The van der Waals surface area contributed by atoms with E-state index in [4.69, 9.17) is 0 Å². The molecule has 2 nitrogen and oxygen atoms in total. The summed E-state index contributed by atoms with van der Waals surface area (Å²) in [6, 6.07) is 1.46. The molecule has 2 atom stereocenters. The largest absolute Gasteiger partial charge is 0.315 e. The lowest BCUT2D eigenvalue weighted by atomic mass is 10.0. The smallest absolute Gasteiger partial charge is 0.0246 e. The second-order valence-electron chi connectivity index (χ2n) is 5.76. The van der Waals surface area contributed by atoms with E-state index in [-0.39, 0.29) is 0 Å². The highest BCUT2D eigenvalue weighted by molar-refractivity contribution is 4.84. The molecule has 1 fully saturated rings. The molecule has 0 aliphatic heterocycles. The molecule has 0 aromatic carbocycles. The summed E-state index contributed by atoms with van der Waals surface area (Å²) in [5.74, 6) is 0.821. The van der Waals surface area contributed by atoms with Crippen molar-refractivity contribution in [3.63, 3.8) is 0 Å². The van der Waals surface area contributed by atoms with E-state index in [2.05, 4.69) is 38.2 Å². The van der Waals surface area contributed by atoms with Gasteiger partial charge < -0.3 is 10.2 Å². The first-order chi connectivity index (χ1) is 7.65. The predicted molar refractivity (Wildman–Crippen MR) is 71.8 cm³/mol. The Kier molecular flexibility index (Phi) is 6.37. The number of nitrogens with one attached hydrogen (secondary N) is 1. The fourth-order valence-electron chi connectivity index (χ4n) is 2.78. The van der Waals surface area contributed by atoms with Crippen LogP contribution in [0, 0.1) is 5.92 Å². The minimum Gasteiger partial charge on any atom is -0.315 e. The molecule has 1 aliphatic rings. The third kappa shape index (κ3) is 4.42. The highest BCUT2D eigenvalue weighted by Crippen LogP contribution is 2.22. The van der Waals surface area contributed by atoms with E-state index >= 15 is 0 Å². The first kappa shape index (κ1) is 14.0. The molecular formula is C14H30N2. The van der Waals surface area contributed by atoms with Gasteiger partial charge in [0.2, 0.25) is 0 Å². The van der Waals surface area contributed by atoms with Gasteiger partial charge in [0.05, 0.1) is 0 Å². The van der Waals surface area contributed by atoms with Crippen LogP contribution in [-0.4, -0.2) is 37.6 Å². The second kappa shape index (κ2) is 7.29. The minimum absolute atomic E-state index is 0.708. The van der Waals surface area contributed by atoms with Crippen molar-refractivity contribution in [2.24, 2.45) is 5.92 Å². The summed E-state index contributed by atoms with van der Waals surface area (Å²) in [5.41, 5.74) is 0. The van der Waals surface area contributed by atoms with E-state index in [1.54, 1.807) is 0 Å². The zero-order valence-corrected chi connectivity index (χ0v) is 11.6. The average molecular weight is 226 g/mol. The first-order valence-electron chi connectivity index (χ1n) is 7.02. The van der Waals surface area contributed by atoms with Gasteiger partial charge in [-0.05, 0) is 45.8 Å². The molecule has 1 N–H and O–H groups in total. The lowest BCUT2D eigenvalue weighted by Crippen LogP contribution is -2.47. The van der Waals surface area contributed by atoms with Crippen molar-refractivity contribution in [2.75, 3.05) is 20.6 Å². The summed E-state index contributed by atoms with van der Waals surface area (Å²) < 4.78 is 0. The van der Waals surface area contributed by atoms with Gasteiger partial charge in [0.1, 0.15) is 0 Å². The summed E-state index contributed by atoms with van der Waals surface area (Å²) in [4.78, 5) is 2.59. The van der Waals surface area contributed by atoms with Gasteiger partial charge in [0.15, 0.2) is 0 Å². The zero-order valence-electron chi connectivity index (χ0n) is 11.6. The maximum Gasteiger partial charge on any atom is 0.0246 e. The number of likely N-dealkylation sites (N-methyl/N-ethyl adjacent to an activating group) is 2. The molecule has 96 valence electrons. The standard InChI is InChI=1S/C14H30N2/c1-12(2)10-11-16(4)14-9-7-5-6-8-13(14)15-3/h12-15H,5-11H2,1-4H3. The minimum atomic E-state index is 0.708. The van der Waals surface area contributed by atoms with E-state index in [9.17, 15) is 0 Å². The van der Waals surface area contributed by atoms with Crippen LogP contribution in [0.1, 0.15) is 52.4 Å². The van der Waals surface area contributed by atoms with Gasteiger partial charge in [-0.2, -0.15) is 0 Å². The van der Waals surface area contributed by atoms with E-state index < -0.39 is 0 Å². The van der Waals surface area contributed by atoms with E-state index in [1.807, 2.05) is 0 Å². The van der Waals surface area contributed by atoms with Gasteiger partial charge in [0.25, 0.3) is 0 Å². The summed E-state index contributed by atoms with van der Waals surface area (Å²) in [6.07, 6.45) is 8.29.